The van der Waals surface area contributed by atoms with Crippen molar-refractivity contribution in [3.63, 3.8) is 0 Å². The van der Waals surface area contributed by atoms with Crippen molar-refractivity contribution in [1.82, 2.24) is 5.32 Å². The summed E-state index contributed by atoms with van der Waals surface area (Å²) in [7, 11) is 1.61. The highest BCUT2D eigenvalue weighted by Gasteiger charge is 2.13. The Morgan fingerprint density at radius 3 is 2.58 bits per heavy atom. The summed E-state index contributed by atoms with van der Waals surface area (Å²) in [5.74, 6) is 0.601. The summed E-state index contributed by atoms with van der Waals surface area (Å²) >= 11 is 0. The number of ether oxygens (including phenoxy) is 3. The second kappa shape index (κ2) is 10.6. The van der Waals surface area contributed by atoms with Gasteiger partial charge in [-0.15, -0.1) is 0 Å². The normalized spacial score (nSPS) is 11.8. The molecule has 5 heteroatoms. The molecule has 26 heavy (non-hydrogen) atoms. The Morgan fingerprint density at radius 2 is 1.88 bits per heavy atom. The molecule has 1 N–H and O–H groups in total. The smallest absolute Gasteiger partial charge is 0.251 e. The Balaban J connectivity index is 2.05. The molecule has 0 saturated heterocycles. The zero-order chi connectivity index (χ0) is 18.8. The van der Waals surface area contributed by atoms with Gasteiger partial charge in [-0.05, 0) is 37.6 Å². The number of nitrogens with one attached hydrogen (secondary N) is 1. The Hall–Kier alpha value is -2.37. The van der Waals surface area contributed by atoms with Gasteiger partial charge in [0, 0.05) is 24.3 Å². The highest BCUT2D eigenvalue weighted by atomic mass is 16.5. The van der Waals surface area contributed by atoms with E-state index in [0.29, 0.717) is 32.0 Å². The summed E-state index contributed by atoms with van der Waals surface area (Å²) in [6.07, 6.45) is 0. The topological polar surface area (TPSA) is 56.8 Å². The first-order chi connectivity index (χ1) is 12.6. The Bertz CT molecular complexity index is 688. The summed E-state index contributed by atoms with van der Waals surface area (Å²) in [5.41, 5.74) is 2.54. The molecule has 1 amide bonds. The third kappa shape index (κ3) is 6.17. The fraction of sp³-hybridized carbons (Fsp3) is 0.381. The summed E-state index contributed by atoms with van der Waals surface area (Å²) in [4.78, 5) is 12.4. The molecule has 0 radical (unpaired) electrons. The van der Waals surface area contributed by atoms with Crippen LogP contribution < -0.4 is 10.1 Å². The zero-order valence-electron chi connectivity index (χ0n) is 15.7. The highest BCUT2D eigenvalue weighted by molar-refractivity contribution is 5.94. The zero-order valence-corrected chi connectivity index (χ0v) is 15.7. The van der Waals surface area contributed by atoms with Crippen molar-refractivity contribution >= 4 is 5.91 Å². The molecule has 0 aromatic heterocycles. The largest absolute Gasteiger partial charge is 0.494 e. The fourth-order valence-corrected chi connectivity index (χ4v) is 2.58. The molecule has 140 valence electrons. The van der Waals surface area contributed by atoms with Crippen molar-refractivity contribution in [2.75, 3.05) is 20.3 Å². The number of benzene rings is 2. The lowest BCUT2D eigenvalue weighted by atomic mass is 10.1. The van der Waals surface area contributed by atoms with Crippen LogP contribution in [0.5, 0.6) is 5.75 Å². The lowest BCUT2D eigenvalue weighted by Crippen LogP contribution is -2.35. The molecule has 5 nitrogen and oxygen atoms in total. The molecule has 0 fully saturated rings. The molecule has 2 aromatic carbocycles. The number of carbonyl (C=O) groups excluding carboxylic acids is 1. The van der Waals surface area contributed by atoms with Gasteiger partial charge < -0.3 is 19.5 Å². The van der Waals surface area contributed by atoms with E-state index in [9.17, 15) is 4.79 Å². The van der Waals surface area contributed by atoms with E-state index >= 15 is 0 Å². The predicted molar refractivity (Wildman–Crippen MR) is 101 cm³/mol. The van der Waals surface area contributed by atoms with E-state index in [1.54, 1.807) is 13.2 Å². The summed E-state index contributed by atoms with van der Waals surface area (Å²) in [6, 6.07) is 15.3. The Kier molecular flexibility index (Phi) is 8.12. The van der Waals surface area contributed by atoms with Crippen molar-refractivity contribution in [2.45, 2.75) is 33.1 Å². The van der Waals surface area contributed by atoms with Gasteiger partial charge in [0.2, 0.25) is 0 Å². The lowest BCUT2D eigenvalue weighted by molar-refractivity contribution is 0.0903. The first-order valence-corrected chi connectivity index (χ1v) is 8.81. The van der Waals surface area contributed by atoms with Crippen molar-refractivity contribution in [3.8, 4) is 5.75 Å². The maximum absolute atomic E-state index is 12.4. The molecule has 2 aromatic rings. The van der Waals surface area contributed by atoms with Gasteiger partial charge >= 0.3 is 0 Å². The SMILES string of the molecule is CCOc1ccc(C(=O)N[C@H](C)COC)cc1COCc1ccccc1. The number of carbonyl (C=O) groups is 1. The lowest BCUT2D eigenvalue weighted by Gasteiger charge is -2.15. The molecule has 0 spiro atoms. The van der Waals surface area contributed by atoms with E-state index in [2.05, 4.69) is 5.32 Å². The average Bonchev–Trinajstić information content (AvgIpc) is 2.64. The molecule has 1 atom stereocenters. The van der Waals surface area contributed by atoms with Gasteiger partial charge in [0.1, 0.15) is 5.75 Å². The molecule has 0 bridgehead atoms. The van der Waals surface area contributed by atoms with Gasteiger partial charge in [-0.3, -0.25) is 4.79 Å². The van der Waals surface area contributed by atoms with Crippen molar-refractivity contribution in [2.24, 2.45) is 0 Å². The monoisotopic (exact) mass is 357 g/mol. The molecule has 0 aliphatic carbocycles. The molecule has 0 heterocycles. The Morgan fingerprint density at radius 1 is 1.12 bits per heavy atom. The highest BCUT2D eigenvalue weighted by Crippen LogP contribution is 2.22. The number of amides is 1. The van der Waals surface area contributed by atoms with Crippen molar-refractivity contribution in [3.05, 3.63) is 65.2 Å². The third-order valence-corrected chi connectivity index (χ3v) is 3.79. The van der Waals surface area contributed by atoms with Gasteiger partial charge in [-0.1, -0.05) is 30.3 Å². The summed E-state index contributed by atoms with van der Waals surface area (Å²) < 4.78 is 16.5. The minimum Gasteiger partial charge on any atom is -0.494 e. The number of hydrogen-bond acceptors (Lipinski definition) is 4. The van der Waals surface area contributed by atoms with Crippen LogP contribution in [0, 0.1) is 0 Å². The fourth-order valence-electron chi connectivity index (χ4n) is 2.58. The molecule has 2 rings (SSSR count). The van der Waals surface area contributed by atoms with Crippen LogP contribution in [-0.2, 0) is 22.7 Å². The quantitative estimate of drug-likeness (QED) is 0.706. The molecule has 0 unspecified atom stereocenters. The molecule has 0 aliphatic rings. The average molecular weight is 357 g/mol. The standard InChI is InChI=1S/C21H27NO4/c1-4-26-20-11-10-18(21(23)22-16(2)13-24-3)12-19(20)15-25-14-17-8-6-5-7-9-17/h5-12,16H,4,13-15H2,1-3H3,(H,22,23)/t16-/m1/s1. The van der Waals surface area contributed by atoms with Gasteiger partial charge in [0.25, 0.3) is 5.91 Å². The molecule has 0 saturated carbocycles. The summed E-state index contributed by atoms with van der Waals surface area (Å²) in [6.45, 7) is 5.74. The number of methoxy groups -OCH3 is 1. The van der Waals surface area contributed by atoms with E-state index in [1.165, 1.54) is 0 Å². The first-order valence-electron chi connectivity index (χ1n) is 8.81. The van der Waals surface area contributed by atoms with Crippen LogP contribution in [-0.4, -0.2) is 32.3 Å². The van der Waals surface area contributed by atoms with Gasteiger partial charge in [0.15, 0.2) is 0 Å². The van der Waals surface area contributed by atoms with E-state index < -0.39 is 0 Å². The molecular formula is C21H27NO4. The first kappa shape index (κ1) is 19.9. The van der Waals surface area contributed by atoms with E-state index in [4.69, 9.17) is 14.2 Å². The second-order valence-electron chi connectivity index (χ2n) is 6.06. The van der Waals surface area contributed by atoms with Crippen LogP contribution in [0.1, 0.15) is 35.3 Å². The van der Waals surface area contributed by atoms with Crippen LogP contribution in [0.3, 0.4) is 0 Å². The van der Waals surface area contributed by atoms with E-state index in [1.807, 2.05) is 56.3 Å². The van der Waals surface area contributed by atoms with E-state index in [-0.39, 0.29) is 11.9 Å². The predicted octanol–water partition coefficient (Wildman–Crippen LogP) is 3.57. The minimum absolute atomic E-state index is 0.0585. The van der Waals surface area contributed by atoms with Crippen molar-refractivity contribution < 1.29 is 19.0 Å². The van der Waals surface area contributed by atoms with Crippen LogP contribution in [0.2, 0.25) is 0 Å². The van der Waals surface area contributed by atoms with E-state index in [0.717, 1.165) is 16.9 Å². The van der Waals surface area contributed by atoms with Gasteiger partial charge in [-0.2, -0.15) is 0 Å². The summed E-state index contributed by atoms with van der Waals surface area (Å²) in [5, 5.41) is 2.91. The van der Waals surface area contributed by atoms with Crippen LogP contribution in [0.4, 0.5) is 0 Å². The van der Waals surface area contributed by atoms with Crippen LogP contribution in [0.25, 0.3) is 0 Å². The van der Waals surface area contributed by atoms with Crippen molar-refractivity contribution in [1.29, 1.82) is 0 Å². The second-order valence-corrected chi connectivity index (χ2v) is 6.06. The minimum atomic E-state index is -0.137. The van der Waals surface area contributed by atoms with Crippen LogP contribution in [0.15, 0.2) is 48.5 Å². The molecular weight excluding hydrogens is 330 g/mol. The number of hydrogen-bond donors (Lipinski definition) is 1. The van der Waals surface area contributed by atoms with Crippen LogP contribution >= 0.6 is 0 Å². The molecule has 0 aliphatic heterocycles. The Labute approximate surface area is 155 Å². The van der Waals surface area contributed by atoms with Gasteiger partial charge in [-0.25, -0.2) is 0 Å². The van der Waals surface area contributed by atoms with Gasteiger partial charge in [0.05, 0.1) is 26.4 Å². The maximum Gasteiger partial charge on any atom is 0.251 e. The maximum atomic E-state index is 12.4. The third-order valence-electron chi connectivity index (χ3n) is 3.79. The number of rotatable bonds is 10.